The van der Waals surface area contributed by atoms with Gasteiger partial charge in [-0.15, -0.1) is 0 Å². The molecule has 0 aliphatic rings. The third kappa shape index (κ3) is 31.7. The molecule has 1 unspecified atom stereocenters. The lowest BCUT2D eigenvalue weighted by atomic mass is 10.1. The Hall–Kier alpha value is -2.97. The quantitative estimate of drug-likeness (QED) is 0.0822. The number of carboxylic acids is 1. The van der Waals surface area contributed by atoms with E-state index in [1.165, 1.54) is 0 Å². The minimum absolute atomic E-state index is 0.0464. The van der Waals surface area contributed by atoms with Crippen LogP contribution in [0.5, 0.6) is 0 Å². The van der Waals surface area contributed by atoms with Crippen LogP contribution in [-0.4, -0.2) is 168 Å². The SMILES string of the molecule is COCCOCCOCCOCCOCCOCCOCCOCCOCCOCC(=O)NCCCCC(NC(=O)OCc1ccccc1)C(=O)O. The molecule has 3 N–H and O–H groups in total. The Morgan fingerprint density at radius 3 is 1.44 bits per heavy atom. The summed E-state index contributed by atoms with van der Waals surface area (Å²) in [6, 6.07) is 8.00. The van der Waals surface area contributed by atoms with Gasteiger partial charge in [0.2, 0.25) is 5.91 Å². The zero-order valence-electron chi connectivity index (χ0n) is 30.6. The minimum atomic E-state index is -1.15. The summed E-state index contributed by atoms with van der Waals surface area (Å²) >= 11 is 0. The Bertz CT molecular complexity index is 977. The van der Waals surface area contributed by atoms with E-state index in [1.807, 2.05) is 18.2 Å². The number of carboxylic acid groups (broad SMARTS) is 1. The molecule has 52 heavy (non-hydrogen) atoms. The first-order chi connectivity index (χ1) is 25.5. The molecule has 0 spiro atoms. The Morgan fingerprint density at radius 2 is 1.02 bits per heavy atom. The number of carbonyl (C=O) groups is 3. The maximum Gasteiger partial charge on any atom is 0.408 e. The standard InChI is InChI=1S/C35H60N2O15/c1-42-11-12-43-13-14-44-15-16-45-17-18-46-19-20-47-21-22-48-23-24-49-25-26-50-27-28-51-30-33(38)36-10-6-5-9-32(34(39)40)37-35(41)52-29-31-7-3-2-4-8-31/h2-4,7-8,32H,5-6,9-30H2,1H3,(H,36,38)(H,37,41)(H,39,40). The highest BCUT2D eigenvalue weighted by molar-refractivity contribution is 5.79. The lowest BCUT2D eigenvalue weighted by Crippen LogP contribution is -2.41. The van der Waals surface area contributed by atoms with Gasteiger partial charge in [0.1, 0.15) is 19.3 Å². The summed E-state index contributed by atoms with van der Waals surface area (Å²) in [5, 5.41) is 14.5. The van der Waals surface area contributed by atoms with Crippen LogP contribution in [-0.2, 0) is 68.3 Å². The van der Waals surface area contributed by atoms with Gasteiger partial charge in [0, 0.05) is 13.7 Å². The zero-order valence-corrected chi connectivity index (χ0v) is 30.6. The smallest absolute Gasteiger partial charge is 0.408 e. The average Bonchev–Trinajstić information content (AvgIpc) is 3.14. The van der Waals surface area contributed by atoms with Crippen LogP contribution >= 0.6 is 0 Å². The van der Waals surface area contributed by atoms with E-state index < -0.39 is 18.1 Å². The minimum Gasteiger partial charge on any atom is -0.480 e. The van der Waals surface area contributed by atoms with Gasteiger partial charge < -0.3 is 67.8 Å². The van der Waals surface area contributed by atoms with Crippen molar-refractivity contribution in [3.8, 4) is 0 Å². The molecule has 300 valence electrons. The number of alkyl carbamates (subject to hydrolysis) is 1. The molecule has 1 rings (SSSR count). The van der Waals surface area contributed by atoms with Gasteiger partial charge >= 0.3 is 12.1 Å². The number of carbonyl (C=O) groups excluding carboxylic acids is 2. The Labute approximate surface area is 307 Å². The monoisotopic (exact) mass is 748 g/mol. The van der Waals surface area contributed by atoms with Crippen LogP contribution in [0.3, 0.4) is 0 Å². The first-order valence-electron chi connectivity index (χ1n) is 17.7. The molecule has 0 aliphatic heterocycles. The van der Waals surface area contributed by atoms with Gasteiger partial charge in [0.25, 0.3) is 0 Å². The molecule has 0 aromatic heterocycles. The number of aliphatic carboxylic acids is 1. The van der Waals surface area contributed by atoms with Crippen molar-refractivity contribution >= 4 is 18.0 Å². The highest BCUT2D eigenvalue weighted by atomic mass is 16.6. The van der Waals surface area contributed by atoms with Crippen LogP contribution in [0.2, 0.25) is 0 Å². The fraction of sp³-hybridized carbons (Fsp3) is 0.743. The molecule has 1 aromatic carbocycles. The summed E-state index contributed by atoms with van der Waals surface area (Å²) < 4.78 is 58.6. The molecule has 0 saturated heterocycles. The number of ether oxygens (including phenoxy) is 11. The molecule has 0 fully saturated rings. The predicted molar refractivity (Wildman–Crippen MR) is 187 cm³/mol. The van der Waals surface area contributed by atoms with Crippen LogP contribution in [0.25, 0.3) is 0 Å². The normalized spacial score (nSPS) is 11.7. The first-order valence-corrected chi connectivity index (χ1v) is 17.7. The topological polar surface area (TPSA) is 197 Å². The summed E-state index contributed by atoms with van der Waals surface area (Å²) in [6.07, 6.45) is 0.421. The maximum absolute atomic E-state index is 12.0. The summed E-state index contributed by atoms with van der Waals surface area (Å²) in [4.78, 5) is 35.4. The van der Waals surface area contributed by atoms with E-state index in [2.05, 4.69) is 10.6 Å². The molecule has 0 heterocycles. The molecule has 1 aromatic rings. The number of nitrogens with one attached hydrogen (secondary N) is 2. The van der Waals surface area contributed by atoms with Gasteiger partial charge in [0.15, 0.2) is 0 Å². The number of unbranched alkanes of at least 4 members (excludes halogenated alkanes) is 1. The third-order valence-corrected chi connectivity index (χ3v) is 6.69. The Balaban J connectivity index is 1.78. The van der Waals surface area contributed by atoms with E-state index in [4.69, 9.17) is 52.1 Å². The van der Waals surface area contributed by atoms with Gasteiger partial charge in [-0.3, -0.25) is 4.79 Å². The van der Waals surface area contributed by atoms with Crippen molar-refractivity contribution in [1.82, 2.24) is 10.6 Å². The molecule has 0 aliphatic carbocycles. The second kappa shape index (κ2) is 36.4. The fourth-order valence-corrected chi connectivity index (χ4v) is 3.98. The first kappa shape index (κ1) is 47.1. The third-order valence-electron chi connectivity index (χ3n) is 6.69. The van der Waals surface area contributed by atoms with Crippen LogP contribution in [0.15, 0.2) is 30.3 Å². The van der Waals surface area contributed by atoms with Crippen molar-refractivity contribution in [2.45, 2.75) is 31.9 Å². The van der Waals surface area contributed by atoms with E-state index in [-0.39, 0.29) is 32.1 Å². The van der Waals surface area contributed by atoms with Gasteiger partial charge in [-0.1, -0.05) is 30.3 Å². The van der Waals surface area contributed by atoms with Gasteiger partial charge in [-0.2, -0.15) is 0 Å². The van der Waals surface area contributed by atoms with Crippen molar-refractivity contribution in [3.05, 3.63) is 35.9 Å². The van der Waals surface area contributed by atoms with Crippen molar-refractivity contribution in [2.24, 2.45) is 0 Å². The lowest BCUT2D eigenvalue weighted by molar-refractivity contribution is -0.139. The summed E-state index contributed by atoms with van der Waals surface area (Å²) in [7, 11) is 1.63. The second-order valence-corrected chi connectivity index (χ2v) is 10.9. The van der Waals surface area contributed by atoms with Crippen molar-refractivity contribution in [2.75, 3.05) is 139 Å². The van der Waals surface area contributed by atoms with Gasteiger partial charge in [-0.05, 0) is 24.8 Å². The number of rotatable bonds is 38. The molecule has 1 atom stereocenters. The maximum atomic E-state index is 12.0. The number of methoxy groups -OCH3 is 1. The lowest BCUT2D eigenvalue weighted by Gasteiger charge is -2.14. The zero-order chi connectivity index (χ0) is 37.6. The van der Waals surface area contributed by atoms with Crippen molar-refractivity contribution in [1.29, 1.82) is 0 Å². The molecule has 0 radical (unpaired) electrons. The van der Waals surface area contributed by atoms with Crippen LogP contribution in [0, 0.1) is 0 Å². The molecular weight excluding hydrogens is 688 g/mol. The highest BCUT2D eigenvalue weighted by Gasteiger charge is 2.20. The predicted octanol–water partition coefficient (Wildman–Crippen LogP) is 1.45. The number of hydrogen-bond acceptors (Lipinski definition) is 14. The summed E-state index contributed by atoms with van der Waals surface area (Å²) in [5.74, 6) is -1.43. The van der Waals surface area contributed by atoms with E-state index in [0.29, 0.717) is 132 Å². The Kier molecular flexibility index (Phi) is 32.9. The van der Waals surface area contributed by atoms with Gasteiger partial charge in [0.05, 0.1) is 119 Å². The van der Waals surface area contributed by atoms with Crippen molar-refractivity contribution < 1.29 is 71.6 Å². The molecule has 0 bridgehead atoms. The largest absolute Gasteiger partial charge is 0.480 e. The molecule has 17 heteroatoms. The number of benzene rings is 1. The summed E-state index contributed by atoms with van der Waals surface area (Å²) in [6.45, 7) is 8.65. The molecule has 2 amide bonds. The van der Waals surface area contributed by atoms with Crippen LogP contribution in [0.1, 0.15) is 24.8 Å². The number of hydrogen-bond donors (Lipinski definition) is 3. The van der Waals surface area contributed by atoms with Crippen LogP contribution < -0.4 is 10.6 Å². The van der Waals surface area contributed by atoms with Crippen LogP contribution in [0.4, 0.5) is 4.79 Å². The van der Waals surface area contributed by atoms with Crippen molar-refractivity contribution in [3.63, 3.8) is 0 Å². The van der Waals surface area contributed by atoms with Gasteiger partial charge in [-0.25, -0.2) is 9.59 Å². The van der Waals surface area contributed by atoms with E-state index in [0.717, 1.165) is 5.56 Å². The Morgan fingerprint density at radius 1 is 0.596 bits per heavy atom. The second-order valence-electron chi connectivity index (χ2n) is 10.9. The van der Waals surface area contributed by atoms with E-state index >= 15 is 0 Å². The summed E-state index contributed by atoms with van der Waals surface area (Å²) in [5.41, 5.74) is 0.798. The number of amides is 2. The van der Waals surface area contributed by atoms with E-state index in [1.54, 1.807) is 19.2 Å². The average molecular weight is 749 g/mol. The fourth-order valence-electron chi connectivity index (χ4n) is 3.98. The molecular formula is C35H60N2O15. The molecule has 17 nitrogen and oxygen atoms in total. The van der Waals surface area contributed by atoms with E-state index in [9.17, 15) is 19.5 Å². The molecule has 0 saturated carbocycles. The highest BCUT2D eigenvalue weighted by Crippen LogP contribution is 2.04.